The molecule has 4 fully saturated rings. The molecular weight excluding hydrogens is 574 g/mol. The highest BCUT2D eigenvalue weighted by Gasteiger charge is 2.76. The lowest BCUT2D eigenvalue weighted by molar-refractivity contribution is -0.383. The zero-order valence-electron chi connectivity index (χ0n) is 26.1. The van der Waals surface area contributed by atoms with E-state index >= 15 is 0 Å². The highest BCUT2D eigenvalue weighted by atomic mass is 19.4. The summed E-state index contributed by atoms with van der Waals surface area (Å²) in [5, 5.41) is 0. The molecule has 43 heavy (non-hydrogen) atoms. The summed E-state index contributed by atoms with van der Waals surface area (Å²) in [5.74, 6) is -2.83. The van der Waals surface area contributed by atoms with Gasteiger partial charge in [0.05, 0.1) is 11.8 Å². The Morgan fingerprint density at radius 3 is 1.09 bits per heavy atom. The molecule has 10 heteroatoms. The van der Waals surface area contributed by atoms with Crippen LogP contribution in [0.4, 0.5) is 26.3 Å². The molecule has 4 saturated carbocycles. The van der Waals surface area contributed by atoms with Crippen molar-refractivity contribution < 1.29 is 45.4 Å². The molecule has 4 nitrogen and oxygen atoms in total. The fourth-order valence-electron chi connectivity index (χ4n) is 8.74. The lowest BCUT2D eigenvalue weighted by Crippen LogP contribution is -2.61. The van der Waals surface area contributed by atoms with Crippen molar-refractivity contribution in [2.75, 3.05) is 0 Å². The smallest absolute Gasteiger partial charge is 0.403 e. The van der Waals surface area contributed by atoms with Crippen LogP contribution in [0.1, 0.15) is 118 Å². The van der Waals surface area contributed by atoms with E-state index in [4.69, 9.17) is 9.47 Å². The fraction of sp³-hybridized carbons (Fsp3) is 0.939. The van der Waals surface area contributed by atoms with Gasteiger partial charge in [0.1, 0.15) is 12.2 Å². The van der Waals surface area contributed by atoms with Crippen LogP contribution in [0.2, 0.25) is 0 Å². The third kappa shape index (κ3) is 7.34. The Balaban J connectivity index is 1.39. The molecule has 0 heterocycles. The van der Waals surface area contributed by atoms with Gasteiger partial charge >= 0.3 is 24.3 Å². The minimum atomic E-state index is -5.49. The zero-order valence-corrected chi connectivity index (χ0v) is 26.1. The van der Waals surface area contributed by atoms with Crippen LogP contribution in [0.3, 0.4) is 0 Å². The predicted octanol–water partition coefficient (Wildman–Crippen LogP) is 9.45. The van der Waals surface area contributed by atoms with Gasteiger partial charge in [-0.2, -0.15) is 26.3 Å². The Labute approximate surface area is 252 Å². The summed E-state index contributed by atoms with van der Waals surface area (Å²) in [4.78, 5) is 25.6. The normalized spacial score (nSPS) is 38.3. The minimum Gasteiger partial charge on any atom is -0.462 e. The molecule has 0 N–H and O–H groups in total. The summed E-state index contributed by atoms with van der Waals surface area (Å²) >= 11 is 0. The van der Waals surface area contributed by atoms with E-state index in [1.54, 1.807) is 0 Å². The number of carbonyl (C=O) groups is 2. The minimum absolute atomic E-state index is 0.00558. The summed E-state index contributed by atoms with van der Waals surface area (Å²) in [6.07, 6.45) is -8.95. The largest absolute Gasteiger partial charge is 0.462 e. The third-order valence-corrected chi connectivity index (χ3v) is 12.0. The number of ether oxygens (including phenoxy) is 2. The lowest BCUT2D eigenvalue weighted by atomic mass is 9.57. The standard InChI is InChI=1S/C33H50F6O4/c1-19-5-7-23(17-21(19)3)29(40)42-27-13-9-25(10-14-27)31(32(34,35)36,33(37,38)39)26-11-15-28(16-12-26)43-30(41)24-8-6-20(2)22(4)18-24/h19-28H,5-18H2,1-4H3. The van der Waals surface area contributed by atoms with Crippen molar-refractivity contribution in [3.05, 3.63) is 0 Å². The molecule has 0 aromatic rings. The SMILES string of the molecule is CC1CCC(C(=O)OC2CCC(C(C3CCC(OC(=O)C4CCC(C)C(C)C4)CC3)(C(F)(F)F)C(F)(F)F)CC2)CC1C. The number of esters is 2. The van der Waals surface area contributed by atoms with E-state index in [0.29, 0.717) is 49.4 Å². The van der Waals surface area contributed by atoms with Crippen LogP contribution in [0.15, 0.2) is 0 Å². The molecule has 6 atom stereocenters. The first-order chi connectivity index (χ1) is 20.0. The highest BCUT2D eigenvalue weighted by Crippen LogP contribution is 2.65. The topological polar surface area (TPSA) is 52.6 Å². The van der Waals surface area contributed by atoms with Gasteiger partial charge in [-0.25, -0.2) is 0 Å². The average Bonchev–Trinajstić information content (AvgIpc) is 2.92. The molecule has 0 bridgehead atoms. The lowest BCUT2D eigenvalue weighted by Gasteiger charge is -2.51. The van der Waals surface area contributed by atoms with E-state index in [1.807, 2.05) is 0 Å². The molecule has 0 amide bonds. The predicted molar refractivity (Wildman–Crippen MR) is 150 cm³/mol. The van der Waals surface area contributed by atoms with Crippen molar-refractivity contribution >= 4 is 11.9 Å². The summed E-state index contributed by atoms with van der Waals surface area (Å²) < 4.78 is 100. The summed E-state index contributed by atoms with van der Waals surface area (Å²) in [5.41, 5.74) is -3.84. The van der Waals surface area contributed by atoms with Gasteiger partial charge in [0.2, 0.25) is 0 Å². The molecule has 0 saturated heterocycles. The van der Waals surface area contributed by atoms with Gasteiger partial charge in [-0.3, -0.25) is 9.59 Å². The first-order valence-corrected chi connectivity index (χ1v) is 16.6. The molecule has 0 spiro atoms. The Kier molecular flexibility index (Phi) is 10.8. The average molecular weight is 625 g/mol. The third-order valence-electron chi connectivity index (χ3n) is 12.0. The van der Waals surface area contributed by atoms with E-state index in [-0.39, 0.29) is 75.1 Å². The van der Waals surface area contributed by atoms with E-state index in [0.717, 1.165) is 12.8 Å². The van der Waals surface area contributed by atoms with Crippen molar-refractivity contribution in [3.8, 4) is 0 Å². The maximum Gasteiger partial charge on any atom is 0.403 e. The molecule has 0 radical (unpaired) electrons. The quantitative estimate of drug-likeness (QED) is 0.218. The highest BCUT2D eigenvalue weighted by molar-refractivity contribution is 5.73. The van der Waals surface area contributed by atoms with Crippen molar-refractivity contribution in [1.82, 2.24) is 0 Å². The number of carbonyl (C=O) groups excluding carboxylic acids is 2. The Morgan fingerprint density at radius 2 is 0.814 bits per heavy atom. The number of alkyl halides is 6. The molecule has 4 rings (SSSR count). The van der Waals surface area contributed by atoms with Crippen LogP contribution >= 0.6 is 0 Å². The maximum absolute atomic E-state index is 14.8. The first-order valence-electron chi connectivity index (χ1n) is 16.6. The molecule has 4 aliphatic rings. The second-order valence-electron chi connectivity index (χ2n) is 14.6. The van der Waals surface area contributed by atoms with E-state index in [2.05, 4.69) is 27.7 Å². The molecule has 248 valence electrons. The molecule has 4 aliphatic carbocycles. The van der Waals surface area contributed by atoms with Gasteiger partial charge in [-0.15, -0.1) is 0 Å². The molecular formula is C33H50F6O4. The van der Waals surface area contributed by atoms with Crippen LogP contribution in [0.25, 0.3) is 0 Å². The Hall–Kier alpha value is -1.48. The molecule has 0 aliphatic heterocycles. The second kappa shape index (κ2) is 13.5. The first kappa shape index (κ1) is 34.4. The number of halogens is 6. The van der Waals surface area contributed by atoms with Crippen LogP contribution < -0.4 is 0 Å². The van der Waals surface area contributed by atoms with Crippen LogP contribution in [-0.4, -0.2) is 36.5 Å². The van der Waals surface area contributed by atoms with Gasteiger partial charge < -0.3 is 9.47 Å². The fourth-order valence-corrected chi connectivity index (χ4v) is 8.74. The van der Waals surface area contributed by atoms with Crippen LogP contribution in [0.5, 0.6) is 0 Å². The Morgan fingerprint density at radius 1 is 0.488 bits per heavy atom. The van der Waals surface area contributed by atoms with Gasteiger partial charge in [0.25, 0.3) is 0 Å². The van der Waals surface area contributed by atoms with Crippen molar-refractivity contribution in [2.24, 2.45) is 52.8 Å². The summed E-state index contributed by atoms with van der Waals surface area (Å²) in [6.45, 7) is 8.44. The zero-order chi connectivity index (χ0) is 31.7. The van der Waals surface area contributed by atoms with E-state index in [9.17, 15) is 35.9 Å². The van der Waals surface area contributed by atoms with Crippen molar-refractivity contribution in [1.29, 1.82) is 0 Å². The molecule has 0 aromatic carbocycles. The van der Waals surface area contributed by atoms with Crippen molar-refractivity contribution in [2.45, 2.75) is 142 Å². The molecule has 6 unspecified atom stereocenters. The summed E-state index contributed by atoms with van der Waals surface area (Å²) in [7, 11) is 0. The summed E-state index contributed by atoms with van der Waals surface area (Å²) in [6, 6.07) is 0. The second-order valence-corrected chi connectivity index (χ2v) is 14.6. The number of hydrogen-bond donors (Lipinski definition) is 0. The Bertz CT molecular complexity index is 872. The van der Waals surface area contributed by atoms with Crippen LogP contribution in [0, 0.1) is 52.8 Å². The van der Waals surface area contributed by atoms with Gasteiger partial charge in [-0.05, 0) is 125 Å². The van der Waals surface area contributed by atoms with Gasteiger partial charge in [0, 0.05) is 0 Å². The monoisotopic (exact) mass is 624 g/mol. The van der Waals surface area contributed by atoms with E-state index in [1.165, 1.54) is 0 Å². The number of hydrogen-bond acceptors (Lipinski definition) is 4. The van der Waals surface area contributed by atoms with Crippen molar-refractivity contribution in [3.63, 3.8) is 0 Å². The molecule has 0 aromatic heterocycles. The van der Waals surface area contributed by atoms with Gasteiger partial charge in [0.15, 0.2) is 5.41 Å². The van der Waals surface area contributed by atoms with E-state index < -0.39 is 41.8 Å². The number of rotatable bonds is 6. The van der Waals surface area contributed by atoms with Gasteiger partial charge in [-0.1, -0.05) is 27.7 Å². The maximum atomic E-state index is 14.8. The van der Waals surface area contributed by atoms with Crippen LogP contribution in [-0.2, 0) is 19.1 Å².